The van der Waals surface area contributed by atoms with Crippen LogP contribution < -0.4 is 5.32 Å². The largest absolute Gasteiger partial charge is 0.381 e. The quantitative estimate of drug-likeness (QED) is 0.666. The van der Waals surface area contributed by atoms with Crippen molar-refractivity contribution in [3.8, 4) is 11.3 Å². The lowest BCUT2D eigenvalue weighted by Crippen LogP contribution is -2.32. The van der Waals surface area contributed by atoms with Crippen LogP contribution in [0.25, 0.3) is 11.3 Å². The van der Waals surface area contributed by atoms with Crippen molar-refractivity contribution in [2.45, 2.75) is 43.5 Å². The maximum atomic E-state index is 13.8. The van der Waals surface area contributed by atoms with E-state index in [0.29, 0.717) is 28.9 Å². The number of ether oxygens (including phenoxy) is 1. The van der Waals surface area contributed by atoms with Gasteiger partial charge in [-0.25, -0.2) is 12.8 Å². The number of hydrogen-bond acceptors (Lipinski definition) is 7. The summed E-state index contributed by atoms with van der Waals surface area (Å²) >= 11 is 0. The van der Waals surface area contributed by atoms with E-state index in [4.69, 9.17) is 4.74 Å². The van der Waals surface area contributed by atoms with Gasteiger partial charge < -0.3 is 15.0 Å². The molecule has 1 aromatic carbocycles. The van der Waals surface area contributed by atoms with E-state index in [1.165, 1.54) is 31.0 Å². The summed E-state index contributed by atoms with van der Waals surface area (Å²) in [6.45, 7) is 7.01. The molecule has 0 bridgehead atoms. The van der Waals surface area contributed by atoms with Crippen LogP contribution in [-0.4, -0.2) is 68.7 Å². The van der Waals surface area contributed by atoms with Crippen molar-refractivity contribution in [1.29, 1.82) is 0 Å². The maximum Gasteiger partial charge on any atom is 0.179 e. The van der Waals surface area contributed by atoms with Gasteiger partial charge in [0.1, 0.15) is 10.7 Å². The molecule has 3 fully saturated rings. The number of likely N-dealkylation sites (tertiary alicyclic amines) is 1. The first-order valence-electron chi connectivity index (χ1n) is 12.2. The fourth-order valence-electron chi connectivity index (χ4n) is 5.91. The molecule has 1 unspecified atom stereocenters. The predicted molar refractivity (Wildman–Crippen MR) is 129 cm³/mol. The van der Waals surface area contributed by atoms with Crippen molar-refractivity contribution in [3.63, 3.8) is 0 Å². The number of rotatable bonds is 6. The van der Waals surface area contributed by atoms with Crippen LogP contribution in [-0.2, 0) is 14.6 Å². The maximum absolute atomic E-state index is 13.8. The number of aromatic nitrogens is 2. The summed E-state index contributed by atoms with van der Waals surface area (Å²) in [5.41, 5.74) is 1.71. The van der Waals surface area contributed by atoms with E-state index in [1.807, 2.05) is 6.92 Å². The highest BCUT2D eigenvalue weighted by atomic mass is 32.2. The Kier molecular flexibility index (Phi) is 6.61. The van der Waals surface area contributed by atoms with Crippen LogP contribution in [0.3, 0.4) is 0 Å². The molecule has 0 spiro atoms. The smallest absolute Gasteiger partial charge is 0.179 e. The van der Waals surface area contributed by atoms with Crippen molar-refractivity contribution in [2.75, 3.05) is 44.4 Å². The van der Waals surface area contributed by atoms with Crippen molar-refractivity contribution < 1.29 is 17.5 Å². The number of aryl methyl sites for hydroxylation is 1. The summed E-state index contributed by atoms with van der Waals surface area (Å²) in [6.07, 6.45) is 5.51. The average Bonchev–Trinajstić information content (AvgIpc) is 3.33. The molecule has 1 aromatic heterocycles. The van der Waals surface area contributed by atoms with Crippen molar-refractivity contribution in [2.24, 2.45) is 17.8 Å². The Morgan fingerprint density at radius 2 is 1.82 bits per heavy atom. The van der Waals surface area contributed by atoms with E-state index >= 15 is 0 Å². The average molecular weight is 489 g/mol. The number of nitrogens with one attached hydrogen (secondary N) is 1. The van der Waals surface area contributed by atoms with Gasteiger partial charge in [0.2, 0.25) is 0 Å². The second-order valence-electron chi connectivity index (χ2n) is 10.3. The fraction of sp³-hybridized carbons (Fsp3) is 0.600. The molecule has 184 valence electrons. The molecule has 1 aliphatic carbocycles. The fourth-order valence-corrected chi connectivity index (χ4v) is 6.69. The highest BCUT2D eigenvalue weighted by Gasteiger charge is 2.41. The summed E-state index contributed by atoms with van der Waals surface area (Å²) in [5.74, 6) is 1.90. The van der Waals surface area contributed by atoms with E-state index in [2.05, 4.69) is 20.4 Å². The summed E-state index contributed by atoms with van der Waals surface area (Å²) in [6, 6.07) is 6.08. The van der Waals surface area contributed by atoms with Crippen LogP contribution >= 0.6 is 0 Å². The van der Waals surface area contributed by atoms with E-state index in [0.717, 1.165) is 63.5 Å². The first kappa shape index (κ1) is 23.6. The summed E-state index contributed by atoms with van der Waals surface area (Å²) in [7, 11) is -3.55. The number of sulfone groups is 1. The van der Waals surface area contributed by atoms with Crippen LogP contribution in [0.2, 0.25) is 0 Å². The van der Waals surface area contributed by atoms with Gasteiger partial charge in [0.05, 0.1) is 5.69 Å². The van der Waals surface area contributed by atoms with Gasteiger partial charge in [-0.05, 0) is 74.1 Å². The van der Waals surface area contributed by atoms with Crippen LogP contribution in [0.15, 0.2) is 29.2 Å². The molecule has 9 heteroatoms. The van der Waals surface area contributed by atoms with Crippen LogP contribution in [0.4, 0.5) is 10.2 Å². The Labute approximate surface area is 201 Å². The Morgan fingerprint density at radius 3 is 2.50 bits per heavy atom. The van der Waals surface area contributed by atoms with E-state index in [9.17, 15) is 12.8 Å². The Bertz CT molecular complexity index is 1140. The van der Waals surface area contributed by atoms with Gasteiger partial charge in [-0.3, -0.25) is 0 Å². The molecule has 1 N–H and O–H groups in total. The summed E-state index contributed by atoms with van der Waals surface area (Å²) < 4.78 is 44.5. The lowest BCUT2D eigenvalue weighted by Gasteiger charge is -2.27. The van der Waals surface area contributed by atoms with Crippen LogP contribution in [0.1, 0.15) is 31.2 Å². The molecule has 2 saturated heterocycles. The number of fused-ring (bicyclic) bond motifs is 1. The van der Waals surface area contributed by atoms with Crippen molar-refractivity contribution >= 4 is 15.7 Å². The predicted octanol–water partition coefficient (Wildman–Crippen LogP) is 3.54. The van der Waals surface area contributed by atoms with Crippen LogP contribution in [0.5, 0.6) is 0 Å². The second kappa shape index (κ2) is 9.51. The minimum absolute atomic E-state index is 0.111. The first-order chi connectivity index (χ1) is 16.3. The molecule has 3 heterocycles. The van der Waals surface area contributed by atoms with Gasteiger partial charge in [0.25, 0.3) is 0 Å². The first-order valence-corrected chi connectivity index (χ1v) is 14.1. The monoisotopic (exact) mass is 488 g/mol. The zero-order valence-corrected chi connectivity index (χ0v) is 20.7. The molecule has 2 aliphatic heterocycles. The third-order valence-corrected chi connectivity index (χ3v) is 8.77. The Balaban J connectivity index is 1.27. The minimum Gasteiger partial charge on any atom is -0.381 e. The zero-order chi connectivity index (χ0) is 23.9. The number of benzene rings is 1. The highest BCUT2D eigenvalue weighted by Crippen LogP contribution is 2.40. The molecular formula is C25H33FN4O3S. The molecule has 2 aromatic rings. The molecule has 7 nitrogen and oxygen atoms in total. The highest BCUT2D eigenvalue weighted by molar-refractivity contribution is 7.90. The zero-order valence-electron chi connectivity index (χ0n) is 19.8. The minimum atomic E-state index is -3.55. The standard InChI is InChI=1S/C25H33FN4O3S/c1-16-3-4-20(26)11-22(16)23-12-24(34(2,31)32)25(29-28-23)27-21-9-18-14-30(15-19(18)10-21)13-17-5-7-33-8-6-17/h3-4,11-12,17-19,21H,5-10,13-15H2,1-2H3,(H,27,29)/t18-,19+,21?. The SMILES string of the molecule is Cc1ccc(F)cc1-c1cc(S(C)(=O)=O)c(NC2C[C@@H]3CN(CC4CCOCC4)C[C@@H]3C2)nn1. The van der Waals surface area contributed by atoms with Gasteiger partial charge in [-0.1, -0.05) is 6.07 Å². The van der Waals surface area contributed by atoms with Gasteiger partial charge >= 0.3 is 0 Å². The molecule has 3 atom stereocenters. The normalized spacial score (nSPS) is 26.0. The number of halogens is 1. The Hall–Kier alpha value is -2.10. The summed E-state index contributed by atoms with van der Waals surface area (Å²) in [4.78, 5) is 2.72. The molecule has 0 amide bonds. The number of anilines is 1. The Morgan fingerprint density at radius 1 is 1.12 bits per heavy atom. The third kappa shape index (κ3) is 5.11. The van der Waals surface area contributed by atoms with Gasteiger partial charge in [0, 0.05) is 50.7 Å². The van der Waals surface area contributed by atoms with Crippen molar-refractivity contribution in [1.82, 2.24) is 15.1 Å². The summed E-state index contributed by atoms with van der Waals surface area (Å²) in [5, 5.41) is 11.9. The number of nitrogens with zero attached hydrogens (tertiary/aromatic N) is 3. The molecule has 34 heavy (non-hydrogen) atoms. The molecular weight excluding hydrogens is 455 g/mol. The lowest BCUT2D eigenvalue weighted by atomic mass is 10.00. The molecule has 1 saturated carbocycles. The van der Waals surface area contributed by atoms with Crippen molar-refractivity contribution in [3.05, 3.63) is 35.6 Å². The van der Waals surface area contributed by atoms with Crippen LogP contribution in [0, 0.1) is 30.5 Å². The number of hydrogen-bond donors (Lipinski definition) is 1. The van der Waals surface area contributed by atoms with E-state index < -0.39 is 15.7 Å². The third-order valence-electron chi connectivity index (χ3n) is 7.66. The van der Waals surface area contributed by atoms with Gasteiger partial charge in [-0.2, -0.15) is 0 Å². The second-order valence-corrected chi connectivity index (χ2v) is 12.3. The molecule has 3 aliphatic rings. The molecule has 5 rings (SSSR count). The van der Waals surface area contributed by atoms with E-state index in [1.54, 1.807) is 6.07 Å². The lowest BCUT2D eigenvalue weighted by molar-refractivity contribution is 0.0545. The van der Waals surface area contributed by atoms with Gasteiger partial charge in [0.15, 0.2) is 15.7 Å². The topological polar surface area (TPSA) is 84.4 Å². The van der Waals surface area contributed by atoms with E-state index in [-0.39, 0.29) is 10.9 Å². The van der Waals surface area contributed by atoms with Gasteiger partial charge in [-0.15, -0.1) is 10.2 Å². The molecule has 0 radical (unpaired) electrons.